The van der Waals surface area contributed by atoms with Gasteiger partial charge < -0.3 is 9.84 Å². The number of carbonyl (C=O) groups is 2. The second kappa shape index (κ2) is 7.83. The molecule has 1 amide bonds. The zero-order valence-electron chi connectivity index (χ0n) is 17.2. The number of halogens is 1. The lowest BCUT2D eigenvalue weighted by molar-refractivity contribution is -0.132. The highest BCUT2D eigenvalue weighted by Gasteiger charge is 2.48. The third-order valence-corrected chi connectivity index (χ3v) is 6.83. The number of aromatic nitrogens is 2. The summed E-state index contributed by atoms with van der Waals surface area (Å²) in [6.45, 7) is 3.75. The molecule has 5 rings (SSSR count). The van der Waals surface area contributed by atoms with E-state index in [9.17, 15) is 14.7 Å². The lowest BCUT2D eigenvalue weighted by Gasteiger charge is -2.22. The molecule has 1 fully saturated rings. The first-order valence-corrected chi connectivity index (χ1v) is 11.6. The van der Waals surface area contributed by atoms with Crippen LogP contribution in [0.25, 0.3) is 5.76 Å². The number of amides is 1. The highest BCUT2D eigenvalue weighted by Crippen LogP contribution is 2.44. The van der Waals surface area contributed by atoms with Gasteiger partial charge in [-0.2, -0.15) is 0 Å². The molecule has 2 aromatic carbocycles. The van der Waals surface area contributed by atoms with E-state index >= 15 is 0 Å². The number of fused-ring (bicyclic) bond motifs is 1. The monoisotopic (exact) mass is 511 g/mol. The average Bonchev–Trinajstić information content (AvgIpc) is 3.42. The van der Waals surface area contributed by atoms with Crippen LogP contribution in [0.2, 0.25) is 0 Å². The van der Waals surface area contributed by atoms with Gasteiger partial charge in [-0.25, -0.2) is 0 Å². The number of aliphatic hydroxyl groups excluding tert-OH is 1. The Morgan fingerprint density at radius 2 is 2.03 bits per heavy atom. The standard InChI is InChI=1S/C23H18BrN3O4S/c1-11-8-15-9-14(6-7-17(15)31-11)20(28)18-19(13-4-3-5-16(24)10-13)27(22(30)21(18)29)23-26-25-12(2)32-23/h3-7,9-11,19,28H,8H2,1-2H3/b20-18+/t11-,19+/m0/s1. The Labute approximate surface area is 196 Å². The molecule has 1 saturated heterocycles. The molecule has 0 spiro atoms. The molecule has 2 atom stereocenters. The Balaban J connectivity index is 1.69. The Hall–Kier alpha value is -3.04. The topological polar surface area (TPSA) is 92.6 Å². The van der Waals surface area contributed by atoms with Crippen molar-refractivity contribution in [2.75, 3.05) is 4.90 Å². The van der Waals surface area contributed by atoms with Crippen LogP contribution in [0.5, 0.6) is 5.75 Å². The smallest absolute Gasteiger partial charge is 0.301 e. The van der Waals surface area contributed by atoms with Crippen LogP contribution in [0.3, 0.4) is 0 Å². The average molecular weight is 512 g/mol. The summed E-state index contributed by atoms with van der Waals surface area (Å²) in [7, 11) is 0. The van der Waals surface area contributed by atoms with Gasteiger partial charge in [-0.1, -0.05) is 39.4 Å². The molecule has 162 valence electrons. The zero-order chi connectivity index (χ0) is 22.6. The summed E-state index contributed by atoms with van der Waals surface area (Å²) in [5.41, 5.74) is 2.11. The number of ketones is 1. The molecule has 3 aromatic rings. The highest BCUT2D eigenvalue weighted by atomic mass is 79.9. The van der Waals surface area contributed by atoms with Gasteiger partial charge in [0.1, 0.15) is 22.6 Å². The van der Waals surface area contributed by atoms with Crippen LogP contribution in [-0.2, 0) is 16.0 Å². The maximum atomic E-state index is 13.2. The van der Waals surface area contributed by atoms with Crippen molar-refractivity contribution in [2.45, 2.75) is 32.4 Å². The van der Waals surface area contributed by atoms with Crippen LogP contribution < -0.4 is 9.64 Å². The number of Topliss-reactive ketones (excluding diaryl/α,β-unsaturated/α-hetero) is 1. The van der Waals surface area contributed by atoms with E-state index in [0.29, 0.717) is 27.7 Å². The van der Waals surface area contributed by atoms with Crippen molar-refractivity contribution in [3.63, 3.8) is 0 Å². The first kappa shape index (κ1) is 20.8. The minimum absolute atomic E-state index is 0.0212. The largest absolute Gasteiger partial charge is 0.507 e. The van der Waals surface area contributed by atoms with Crippen LogP contribution in [0.4, 0.5) is 5.13 Å². The lowest BCUT2D eigenvalue weighted by Crippen LogP contribution is -2.29. The molecular formula is C23H18BrN3O4S. The predicted octanol–water partition coefficient (Wildman–Crippen LogP) is 4.56. The fourth-order valence-corrected chi connectivity index (χ4v) is 5.26. The van der Waals surface area contributed by atoms with Gasteiger partial charge in [-0.3, -0.25) is 14.5 Å². The van der Waals surface area contributed by atoms with Gasteiger partial charge in [0.05, 0.1) is 11.6 Å². The van der Waals surface area contributed by atoms with E-state index in [-0.39, 0.29) is 17.4 Å². The Bertz CT molecular complexity index is 1300. The quantitative estimate of drug-likeness (QED) is 0.314. The van der Waals surface area contributed by atoms with Crippen molar-refractivity contribution in [3.05, 3.63) is 74.2 Å². The number of ether oxygens (including phenoxy) is 1. The van der Waals surface area contributed by atoms with Gasteiger partial charge in [-0.05, 0) is 55.3 Å². The summed E-state index contributed by atoms with van der Waals surface area (Å²) >= 11 is 4.67. The van der Waals surface area contributed by atoms with E-state index < -0.39 is 17.7 Å². The van der Waals surface area contributed by atoms with Gasteiger partial charge in [0.15, 0.2) is 0 Å². The number of aliphatic hydroxyl groups is 1. The molecular weight excluding hydrogens is 494 g/mol. The summed E-state index contributed by atoms with van der Waals surface area (Å²) in [5.74, 6) is -0.960. The maximum Gasteiger partial charge on any atom is 0.301 e. The maximum absolute atomic E-state index is 13.2. The SMILES string of the molecule is Cc1nnc(N2C(=O)C(=O)/C(=C(/O)c3ccc4c(c3)C[C@H](C)O4)[C@H]2c2cccc(Br)c2)s1. The number of hydrogen-bond acceptors (Lipinski definition) is 7. The van der Waals surface area contributed by atoms with Crippen molar-refractivity contribution in [1.29, 1.82) is 0 Å². The minimum atomic E-state index is -0.830. The van der Waals surface area contributed by atoms with Crippen LogP contribution in [0.1, 0.15) is 34.7 Å². The van der Waals surface area contributed by atoms with Gasteiger partial charge in [0.25, 0.3) is 5.78 Å². The van der Waals surface area contributed by atoms with Gasteiger partial charge in [0, 0.05) is 16.5 Å². The molecule has 0 aliphatic carbocycles. The summed E-state index contributed by atoms with van der Waals surface area (Å²) < 4.78 is 6.53. The normalized spacial score (nSPS) is 21.7. The number of hydrogen-bond donors (Lipinski definition) is 1. The van der Waals surface area contributed by atoms with Gasteiger partial charge in [-0.15, -0.1) is 10.2 Å². The molecule has 3 heterocycles. The minimum Gasteiger partial charge on any atom is -0.507 e. The summed E-state index contributed by atoms with van der Waals surface area (Å²) in [5, 5.41) is 20.3. The molecule has 7 nitrogen and oxygen atoms in total. The molecule has 0 unspecified atom stereocenters. The van der Waals surface area contributed by atoms with E-state index in [4.69, 9.17) is 4.74 Å². The summed E-state index contributed by atoms with van der Waals surface area (Å²) in [6.07, 6.45) is 0.763. The molecule has 1 aromatic heterocycles. The fraction of sp³-hybridized carbons (Fsp3) is 0.217. The molecule has 0 bridgehead atoms. The summed E-state index contributed by atoms with van der Waals surface area (Å²) in [6, 6.07) is 11.8. The van der Waals surface area contributed by atoms with Crippen molar-refractivity contribution in [2.24, 2.45) is 0 Å². The number of benzene rings is 2. The third-order valence-electron chi connectivity index (χ3n) is 5.50. The van der Waals surface area contributed by atoms with Crippen molar-refractivity contribution in [1.82, 2.24) is 10.2 Å². The third kappa shape index (κ3) is 3.41. The van der Waals surface area contributed by atoms with Gasteiger partial charge >= 0.3 is 5.91 Å². The lowest BCUT2D eigenvalue weighted by atomic mass is 9.94. The van der Waals surface area contributed by atoms with Crippen LogP contribution in [0.15, 0.2) is 52.5 Å². The Morgan fingerprint density at radius 3 is 2.75 bits per heavy atom. The Kier molecular flexibility index (Phi) is 5.10. The van der Waals surface area contributed by atoms with Crippen molar-refractivity contribution < 1.29 is 19.4 Å². The Morgan fingerprint density at radius 1 is 1.22 bits per heavy atom. The van der Waals surface area contributed by atoms with Crippen molar-refractivity contribution in [3.8, 4) is 5.75 Å². The van der Waals surface area contributed by atoms with E-state index in [1.54, 1.807) is 19.1 Å². The zero-order valence-corrected chi connectivity index (χ0v) is 19.6. The second-order valence-corrected chi connectivity index (χ2v) is 9.86. The molecule has 9 heteroatoms. The molecule has 0 radical (unpaired) electrons. The second-order valence-electron chi connectivity index (χ2n) is 7.78. The molecule has 2 aliphatic heterocycles. The van der Waals surface area contributed by atoms with E-state index in [1.807, 2.05) is 37.3 Å². The van der Waals surface area contributed by atoms with Gasteiger partial charge in [0.2, 0.25) is 5.13 Å². The number of anilines is 1. The molecule has 32 heavy (non-hydrogen) atoms. The summed E-state index contributed by atoms with van der Waals surface area (Å²) in [4.78, 5) is 27.6. The molecule has 0 saturated carbocycles. The predicted molar refractivity (Wildman–Crippen MR) is 124 cm³/mol. The fourth-order valence-electron chi connectivity index (χ4n) is 4.13. The molecule has 2 aliphatic rings. The van der Waals surface area contributed by atoms with E-state index in [2.05, 4.69) is 26.1 Å². The first-order chi connectivity index (χ1) is 15.3. The van der Waals surface area contributed by atoms with Crippen LogP contribution in [0, 0.1) is 6.92 Å². The van der Waals surface area contributed by atoms with E-state index in [0.717, 1.165) is 15.8 Å². The van der Waals surface area contributed by atoms with Crippen LogP contribution in [-0.4, -0.2) is 33.1 Å². The number of rotatable bonds is 3. The van der Waals surface area contributed by atoms with E-state index in [1.165, 1.54) is 16.2 Å². The molecule has 1 N–H and O–H groups in total. The van der Waals surface area contributed by atoms with Crippen LogP contribution >= 0.6 is 27.3 Å². The number of nitrogens with zero attached hydrogens (tertiary/aromatic N) is 3. The number of carbonyl (C=O) groups excluding carboxylic acids is 2. The van der Waals surface area contributed by atoms with Crippen molar-refractivity contribution >= 4 is 49.8 Å². The number of aryl methyl sites for hydroxylation is 1. The highest BCUT2D eigenvalue weighted by molar-refractivity contribution is 9.10. The first-order valence-electron chi connectivity index (χ1n) is 10.00.